The van der Waals surface area contributed by atoms with E-state index in [1.165, 1.54) is 12.1 Å². The van der Waals surface area contributed by atoms with Crippen LogP contribution in [0.3, 0.4) is 0 Å². The summed E-state index contributed by atoms with van der Waals surface area (Å²) in [4.78, 5) is 14.5. The first-order chi connectivity index (χ1) is 10.1. The van der Waals surface area contributed by atoms with E-state index >= 15 is 0 Å². The summed E-state index contributed by atoms with van der Waals surface area (Å²) in [6.07, 6.45) is 4.24. The zero-order valence-electron chi connectivity index (χ0n) is 12.5. The summed E-state index contributed by atoms with van der Waals surface area (Å²) in [7, 11) is 0. The molecule has 1 unspecified atom stereocenters. The molecule has 0 saturated carbocycles. The highest BCUT2D eigenvalue weighted by Crippen LogP contribution is 2.25. The first-order valence-corrected chi connectivity index (χ1v) is 7.66. The van der Waals surface area contributed by atoms with Crippen LogP contribution in [0.4, 0.5) is 0 Å². The van der Waals surface area contributed by atoms with E-state index in [1.54, 1.807) is 6.07 Å². The fourth-order valence-corrected chi connectivity index (χ4v) is 2.64. The Morgan fingerprint density at radius 3 is 2.81 bits per heavy atom. The Labute approximate surface area is 125 Å². The van der Waals surface area contributed by atoms with Crippen LogP contribution >= 0.6 is 0 Å². The van der Waals surface area contributed by atoms with Crippen molar-refractivity contribution < 1.29 is 15.0 Å². The van der Waals surface area contributed by atoms with Crippen LogP contribution < -0.4 is 5.32 Å². The SMILES string of the molecule is CCCCN(CC1CCCN1)C(=O)c1ccc(O)c(O)c1. The number of carbonyl (C=O) groups is 1. The lowest BCUT2D eigenvalue weighted by atomic mass is 10.1. The van der Waals surface area contributed by atoms with Crippen molar-refractivity contribution in [3.63, 3.8) is 0 Å². The molecule has 0 radical (unpaired) electrons. The zero-order chi connectivity index (χ0) is 15.2. The highest BCUT2D eigenvalue weighted by atomic mass is 16.3. The van der Waals surface area contributed by atoms with Gasteiger partial charge in [-0.25, -0.2) is 0 Å². The van der Waals surface area contributed by atoms with Crippen molar-refractivity contribution >= 4 is 5.91 Å². The van der Waals surface area contributed by atoms with Gasteiger partial charge in [-0.15, -0.1) is 0 Å². The monoisotopic (exact) mass is 292 g/mol. The van der Waals surface area contributed by atoms with Crippen LogP contribution in [0.15, 0.2) is 18.2 Å². The van der Waals surface area contributed by atoms with E-state index < -0.39 is 0 Å². The second-order valence-corrected chi connectivity index (χ2v) is 5.60. The average Bonchev–Trinajstić information content (AvgIpc) is 2.98. The zero-order valence-corrected chi connectivity index (χ0v) is 12.5. The summed E-state index contributed by atoms with van der Waals surface area (Å²) in [5, 5.41) is 22.3. The predicted molar refractivity (Wildman–Crippen MR) is 81.6 cm³/mol. The molecule has 1 fully saturated rings. The summed E-state index contributed by atoms with van der Waals surface area (Å²) in [5.41, 5.74) is 0.416. The first-order valence-electron chi connectivity index (χ1n) is 7.66. The minimum atomic E-state index is -0.254. The number of phenols is 2. The Bertz CT molecular complexity index is 484. The second kappa shape index (κ2) is 7.31. The van der Waals surface area contributed by atoms with Gasteiger partial charge in [0.05, 0.1) is 0 Å². The normalized spacial score (nSPS) is 17.9. The number of rotatable bonds is 6. The Kier molecular flexibility index (Phi) is 5.44. The summed E-state index contributed by atoms with van der Waals surface area (Å²) in [6, 6.07) is 4.60. The lowest BCUT2D eigenvalue weighted by molar-refractivity contribution is 0.0739. The summed E-state index contributed by atoms with van der Waals surface area (Å²) in [6.45, 7) is 4.53. The molecule has 1 aromatic rings. The number of unbranched alkanes of at least 4 members (excludes halogenated alkanes) is 1. The van der Waals surface area contributed by atoms with Crippen molar-refractivity contribution in [1.29, 1.82) is 0 Å². The van der Waals surface area contributed by atoms with Gasteiger partial charge in [0.25, 0.3) is 5.91 Å². The molecule has 21 heavy (non-hydrogen) atoms. The molecule has 1 saturated heterocycles. The predicted octanol–water partition coefficient (Wildman–Crippen LogP) is 2.09. The third-order valence-electron chi connectivity index (χ3n) is 3.89. The van der Waals surface area contributed by atoms with Crippen LogP contribution in [0.25, 0.3) is 0 Å². The molecule has 116 valence electrons. The maximum Gasteiger partial charge on any atom is 0.254 e. The van der Waals surface area contributed by atoms with Gasteiger partial charge >= 0.3 is 0 Å². The van der Waals surface area contributed by atoms with Gasteiger partial charge in [0.15, 0.2) is 11.5 Å². The maximum absolute atomic E-state index is 12.6. The molecule has 1 heterocycles. The van der Waals surface area contributed by atoms with Crippen molar-refractivity contribution in [3.8, 4) is 11.5 Å². The van der Waals surface area contributed by atoms with Gasteiger partial charge in [-0.3, -0.25) is 4.79 Å². The van der Waals surface area contributed by atoms with Crippen LogP contribution in [0.2, 0.25) is 0 Å². The molecule has 0 bridgehead atoms. The van der Waals surface area contributed by atoms with E-state index in [0.717, 1.165) is 38.8 Å². The Hall–Kier alpha value is -1.75. The second-order valence-electron chi connectivity index (χ2n) is 5.60. The first kappa shape index (κ1) is 15.6. The van der Waals surface area contributed by atoms with Crippen LogP contribution in [-0.2, 0) is 0 Å². The standard InChI is InChI=1S/C16H24N2O3/c1-2-3-9-18(11-13-5-4-8-17-13)16(21)12-6-7-14(19)15(20)10-12/h6-7,10,13,17,19-20H,2-5,8-9,11H2,1H3. The van der Waals surface area contributed by atoms with E-state index in [2.05, 4.69) is 12.2 Å². The third kappa shape index (κ3) is 4.11. The van der Waals surface area contributed by atoms with Gasteiger partial charge in [-0.2, -0.15) is 0 Å². The molecule has 1 aliphatic heterocycles. The minimum absolute atomic E-state index is 0.0903. The molecular formula is C16H24N2O3. The maximum atomic E-state index is 12.6. The van der Waals surface area contributed by atoms with E-state index in [4.69, 9.17) is 0 Å². The largest absolute Gasteiger partial charge is 0.504 e. The van der Waals surface area contributed by atoms with Crippen LogP contribution in [-0.4, -0.2) is 46.7 Å². The number of nitrogens with zero attached hydrogens (tertiary/aromatic N) is 1. The molecule has 1 atom stereocenters. The molecule has 0 aliphatic carbocycles. The van der Waals surface area contributed by atoms with Gasteiger partial charge in [-0.1, -0.05) is 13.3 Å². The van der Waals surface area contributed by atoms with E-state index in [0.29, 0.717) is 18.2 Å². The Morgan fingerprint density at radius 1 is 1.38 bits per heavy atom. The molecular weight excluding hydrogens is 268 g/mol. The van der Waals surface area contributed by atoms with E-state index in [9.17, 15) is 15.0 Å². The smallest absolute Gasteiger partial charge is 0.254 e. The molecule has 0 spiro atoms. The topological polar surface area (TPSA) is 72.8 Å². The number of amides is 1. The quantitative estimate of drug-likeness (QED) is 0.702. The summed E-state index contributed by atoms with van der Waals surface area (Å²) >= 11 is 0. The number of carbonyl (C=O) groups excluding carboxylic acids is 1. The van der Waals surface area contributed by atoms with Gasteiger partial charge in [0.1, 0.15) is 0 Å². The molecule has 5 nitrogen and oxygen atoms in total. The highest BCUT2D eigenvalue weighted by Gasteiger charge is 2.22. The van der Waals surface area contributed by atoms with Crippen molar-refractivity contribution in [2.24, 2.45) is 0 Å². The van der Waals surface area contributed by atoms with Crippen LogP contribution in [0, 0.1) is 0 Å². The number of phenolic OH excluding ortho intramolecular Hbond substituents is 2. The van der Waals surface area contributed by atoms with Crippen molar-refractivity contribution in [2.45, 2.75) is 38.6 Å². The lowest BCUT2D eigenvalue weighted by Gasteiger charge is -2.26. The fraction of sp³-hybridized carbons (Fsp3) is 0.562. The molecule has 2 rings (SSSR count). The van der Waals surface area contributed by atoms with Crippen molar-refractivity contribution in [2.75, 3.05) is 19.6 Å². The highest BCUT2D eigenvalue weighted by molar-refractivity contribution is 5.94. The Morgan fingerprint density at radius 2 is 2.19 bits per heavy atom. The molecule has 0 aromatic heterocycles. The van der Waals surface area contributed by atoms with Crippen molar-refractivity contribution in [1.82, 2.24) is 10.2 Å². The van der Waals surface area contributed by atoms with Crippen molar-refractivity contribution in [3.05, 3.63) is 23.8 Å². The molecule has 1 aromatic carbocycles. The lowest BCUT2D eigenvalue weighted by Crippen LogP contribution is -2.41. The molecule has 1 amide bonds. The number of hydrogen-bond acceptors (Lipinski definition) is 4. The number of hydrogen-bond donors (Lipinski definition) is 3. The van der Waals surface area contributed by atoms with Gasteiger partial charge in [0.2, 0.25) is 0 Å². The number of aromatic hydroxyl groups is 2. The summed E-state index contributed by atoms with van der Waals surface area (Å²) < 4.78 is 0. The Balaban J connectivity index is 2.09. The van der Waals surface area contributed by atoms with E-state index in [1.807, 2.05) is 4.90 Å². The summed E-state index contributed by atoms with van der Waals surface area (Å²) in [5.74, 6) is -0.549. The van der Waals surface area contributed by atoms with Crippen LogP contribution in [0.5, 0.6) is 11.5 Å². The minimum Gasteiger partial charge on any atom is -0.504 e. The molecule has 3 N–H and O–H groups in total. The van der Waals surface area contributed by atoms with E-state index in [-0.39, 0.29) is 17.4 Å². The van der Waals surface area contributed by atoms with Crippen LogP contribution in [0.1, 0.15) is 43.0 Å². The fourth-order valence-electron chi connectivity index (χ4n) is 2.64. The van der Waals surface area contributed by atoms with Gasteiger partial charge in [-0.05, 0) is 44.0 Å². The van der Waals surface area contributed by atoms with Gasteiger partial charge < -0.3 is 20.4 Å². The molecule has 1 aliphatic rings. The third-order valence-corrected chi connectivity index (χ3v) is 3.89. The number of nitrogens with one attached hydrogen (secondary N) is 1. The average molecular weight is 292 g/mol. The number of benzene rings is 1. The molecule has 5 heteroatoms. The van der Waals surface area contributed by atoms with Gasteiger partial charge in [0, 0.05) is 24.7 Å².